The summed E-state index contributed by atoms with van der Waals surface area (Å²) in [6.45, 7) is 3.50. The fraction of sp³-hybridized carbons (Fsp3) is 0.412. The van der Waals surface area contributed by atoms with Crippen molar-refractivity contribution in [3.8, 4) is 0 Å². The maximum absolute atomic E-state index is 12.6. The molecule has 1 aliphatic heterocycles. The first-order valence-corrected chi connectivity index (χ1v) is 8.46. The fourth-order valence-electron chi connectivity index (χ4n) is 2.94. The van der Waals surface area contributed by atoms with E-state index in [9.17, 15) is 4.79 Å². The van der Waals surface area contributed by atoms with Crippen LogP contribution in [0, 0.1) is 5.92 Å². The Morgan fingerprint density at radius 3 is 2.79 bits per heavy atom. The number of amides is 1. The highest BCUT2D eigenvalue weighted by molar-refractivity contribution is 6.29. The minimum atomic E-state index is -0.0551. The molecule has 7 heteroatoms. The quantitative estimate of drug-likeness (QED) is 0.922. The van der Waals surface area contributed by atoms with Gasteiger partial charge in [0.1, 0.15) is 0 Å². The summed E-state index contributed by atoms with van der Waals surface area (Å²) in [5.74, 6) is 0.783. The van der Waals surface area contributed by atoms with Gasteiger partial charge in [-0.15, -0.1) is 10.2 Å². The number of piperidine rings is 1. The van der Waals surface area contributed by atoms with Crippen molar-refractivity contribution in [3.05, 3.63) is 47.4 Å². The van der Waals surface area contributed by atoms with Gasteiger partial charge in [-0.2, -0.15) is 0 Å². The monoisotopic (exact) mass is 345 g/mol. The summed E-state index contributed by atoms with van der Waals surface area (Å²) in [5.41, 5.74) is 1.05. The molecule has 0 radical (unpaired) electrons. The van der Waals surface area contributed by atoms with Crippen LogP contribution in [0.15, 0.2) is 36.7 Å². The first kappa shape index (κ1) is 16.6. The third-order valence-electron chi connectivity index (χ3n) is 4.30. The van der Waals surface area contributed by atoms with Crippen molar-refractivity contribution in [2.24, 2.45) is 5.92 Å². The number of halogens is 1. The van der Waals surface area contributed by atoms with Crippen LogP contribution in [0.1, 0.15) is 31.4 Å². The van der Waals surface area contributed by atoms with Gasteiger partial charge in [0.25, 0.3) is 0 Å². The lowest BCUT2D eigenvalue weighted by molar-refractivity contribution is -0.125. The number of aromatic nitrogens is 3. The van der Waals surface area contributed by atoms with E-state index in [1.165, 1.54) is 0 Å². The van der Waals surface area contributed by atoms with E-state index in [-0.39, 0.29) is 17.9 Å². The molecule has 24 heavy (non-hydrogen) atoms. The van der Waals surface area contributed by atoms with Crippen molar-refractivity contribution >= 4 is 23.3 Å². The van der Waals surface area contributed by atoms with Gasteiger partial charge in [0.05, 0.1) is 12.0 Å². The van der Waals surface area contributed by atoms with E-state index in [2.05, 4.69) is 25.4 Å². The molecule has 0 bridgehead atoms. The second kappa shape index (κ2) is 7.57. The number of hydrogen-bond acceptors (Lipinski definition) is 5. The molecule has 0 spiro atoms. The molecule has 2 atom stereocenters. The Balaban J connectivity index is 1.61. The zero-order valence-corrected chi connectivity index (χ0v) is 14.3. The average molecular weight is 346 g/mol. The second-order valence-electron chi connectivity index (χ2n) is 6.01. The van der Waals surface area contributed by atoms with E-state index < -0.39 is 0 Å². The van der Waals surface area contributed by atoms with Crippen LogP contribution in [0.3, 0.4) is 0 Å². The number of nitrogens with one attached hydrogen (secondary N) is 1. The van der Waals surface area contributed by atoms with E-state index in [0.29, 0.717) is 11.7 Å². The molecule has 126 valence electrons. The lowest BCUT2D eigenvalue weighted by Gasteiger charge is -2.33. The van der Waals surface area contributed by atoms with Gasteiger partial charge in [-0.25, -0.2) is 0 Å². The summed E-state index contributed by atoms with van der Waals surface area (Å²) in [4.78, 5) is 18.7. The molecule has 1 N–H and O–H groups in total. The van der Waals surface area contributed by atoms with Crippen LogP contribution in [0.25, 0.3) is 0 Å². The molecule has 1 fully saturated rings. The highest BCUT2D eigenvalue weighted by Gasteiger charge is 2.27. The Bertz CT molecular complexity index is 679. The summed E-state index contributed by atoms with van der Waals surface area (Å²) in [6.07, 6.45) is 5.30. The fourth-order valence-corrected chi connectivity index (χ4v) is 3.04. The van der Waals surface area contributed by atoms with Gasteiger partial charge >= 0.3 is 0 Å². The predicted molar refractivity (Wildman–Crippen MR) is 92.8 cm³/mol. The van der Waals surface area contributed by atoms with Crippen LogP contribution < -0.4 is 10.2 Å². The Morgan fingerprint density at radius 2 is 2.08 bits per heavy atom. The molecule has 0 unspecified atom stereocenters. The van der Waals surface area contributed by atoms with Gasteiger partial charge in [-0.05, 0) is 49.6 Å². The van der Waals surface area contributed by atoms with Crippen LogP contribution in [0.4, 0.5) is 5.82 Å². The molecular weight excluding hydrogens is 326 g/mol. The Kier molecular flexibility index (Phi) is 5.25. The van der Waals surface area contributed by atoms with Crippen molar-refractivity contribution < 1.29 is 4.79 Å². The van der Waals surface area contributed by atoms with Gasteiger partial charge in [0.2, 0.25) is 5.91 Å². The van der Waals surface area contributed by atoms with E-state index in [4.69, 9.17) is 11.6 Å². The molecule has 3 rings (SSSR count). The lowest BCUT2D eigenvalue weighted by atomic mass is 9.96. The molecule has 6 nitrogen and oxygen atoms in total. The van der Waals surface area contributed by atoms with Crippen molar-refractivity contribution in [1.82, 2.24) is 20.5 Å². The molecule has 3 heterocycles. The molecule has 1 aliphatic rings. The molecule has 0 aliphatic carbocycles. The number of carbonyl (C=O) groups excluding carboxylic acids is 1. The van der Waals surface area contributed by atoms with Crippen LogP contribution in [-0.4, -0.2) is 34.2 Å². The molecule has 0 aromatic carbocycles. The molecule has 1 saturated heterocycles. The Hall–Kier alpha value is -2.21. The third-order valence-corrected chi connectivity index (χ3v) is 4.50. The predicted octanol–water partition coefficient (Wildman–Crippen LogP) is 2.62. The van der Waals surface area contributed by atoms with Gasteiger partial charge < -0.3 is 10.2 Å². The SMILES string of the molecule is C[C@H](NC(=O)[C@H]1CCCN(c2ccc(Cl)nn2)C1)c1ccncc1. The first-order chi connectivity index (χ1) is 11.6. The maximum Gasteiger partial charge on any atom is 0.225 e. The number of carbonyl (C=O) groups is 1. The second-order valence-corrected chi connectivity index (χ2v) is 6.40. The molecule has 2 aromatic heterocycles. The van der Waals surface area contributed by atoms with E-state index in [1.54, 1.807) is 18.5 Å². The zero-order chi connectivity index (χ0) is 16.9. The molecular formula is C17H20ClN5O. The van der Waals surface area contributed by atoms with Gasteiger partial charge in [-0.3, -0.25) is 9.78 Å². The summed E-state index contributed by atoms with van der Waals surface area (Å²) in [7, 11) is 0. The van der Waals surface area contributed by atoms with Crippen LogP contribution in [0.5, 0.6) is 0 Å². The molecule has 2 aromatic rings. The number of pyridine rings is 1. The molecule has 1 amide bonds. The Labute approximate surface area is 146 Å². The highest BCUT2D eigenvalue weighted by atomic mass is 35.5. The topological polar surface area (TPSA) is 71.0 Å². The van der Waals surface area contributed by atoms with Crippen LogP contribution in [0.2, 0.25) is 5.15 Å². The average Bonchev–Trinajstić information content (AvgIpc) is 2.63. The van der Waals surface area contributed by atoms with Gasteiger partial charge in [-0.1, -0.05) is 11.6 Å². The van der Waals surface area contributed by atoms with E-state index >= 15 is 0 Å². The minimum absolute atomic E-state index is 0.0359. The summed E-state index contributed by atoms with van der Waals surface area (Å²) >= 11 is 5.78. The van der Waals surface area contributed by atoms with Crippen molar-refractivity contribution in [2.45, 2.75) is 25.8 Å². The standard InChI is InChI=1S/C17H20ClN5O/c1-12(13-6-8-19-9-7-13)20-17(24)14-3-2-10-23(11-14)16-5-4-15(18)21-22-16/h4-9,12,14H,2-3,10-11H2,1H3,(H,20,24)/t12-,14-/m0/s1. The number of nitrogens with zero attached hydrogens (tertiary/aromatic N) is 4. The summed E-state index contributed by atoms with van der Waals surface area (Å²) < 4.78 is 0. The normalized spacial score (nSPS) is 18.9. The summed E-state index contributed by atoms with van der Waals surface area (Å²) in [6, 6.07) is 7.36. The van der Waals surface area contributed by atoms with Crippen molar-refractivity contribution in [1.29, 1.82) is 0 Å². The number of hydrogen-bond donors (Lipinski definition) is 1. The van der Waals surface area contributed by atoms with Crippen LogP contribution in [-0.2, 0) is 4.79 Å². The van der Waals surface area contributed by atoms with Crippen molar-refractivity contribution in [2.75, 3.05) is 18.0 Å². The number of rotatable bonds is 4. The highest BCUT2D eigenvalue weighted by Crippen LogP contribution is 2.23. The lowest BCUT2D eigenvalue weighted by Crippen LogP contribution is -2.44. The first-order valence-electron chi connectivity index (χ1n) is 8.08. The van der Waals surface area contributed by atoms with Gasteiger partial charge in [0, 0.05) is 25.5 Å². The number of anilines is 1. The van der Waals surface area contributed by atoms with Crippen molar-refractivity contribution in [3.63, 3.8) is 0 Å². The van der Waals surface area contributed by atoms with Crippen LogP contribution >= 0.6 is 11.6 Å². The van der Waals surface area contributed by atoms with Gasteiger partial charge in [0.15, 0.2) is 11.0 Å². The zero-order valence-electron chi connectivity index (χ0n) is 13.5. The smallest absolute Gasteiger partial charge is 0.225 e. The minimum Gasteiger partial charge on any atom is -0.354 e. The third kappa shape index (κ3) is 4.00. The molecule has 0 saturated carbocycles. The van der Waals surface area contributed by atoms with E-state index in [1.807, 2.05) is 25.1 Å². The maximum atomic E-state index is 12.6. The van der Waals surface area contributed by atoms with E-state index in [0.717, 1.165) is 30.8 Å². The summed E-state index contributed by atoms with van der Waals surface area (Å²) in [5, 5.41) is 11.5. The largest absolute Gasteiger partial charge is 0.354 e. The Morgan fingerprint density at radius 1 is 1.29 bits per heavy atom.